The molecule has 0 amide bonds. The van der Waals surface area contributed by atoms with Gasteiger partial charge in [0, 0.05) is 11.6 Å². The van der Waals surface area contributed by atoms with Crippen molar-refractivity contribution in [1.29, 1.82) is 0 Å². The third kappa shape index (κ3) is 4.19. The van der Waals surface area contributed by atoms with Crippen LogP contribution in [-0.4, -0.2) is 28.1 Å². The van der Waals surface area contributed by atoms with Crippen LogP contribution in [0.1, 0.15) is 24.8 Å². The van der Waals surface area contributed by atoms with E-state index in [9.17, 15) is 8.42 Å². The van der Waals surface area contributed by atoms with Gasteiger partial charge in [-0.3, -0.25) is 0 Å². The van der Waals surface area contributed by atoms with Crippen LogP contribution in [0.2, 0.25) is 5.02 Å². The summed E-state index contributed by atoms with van der Waals surface area (Å²) in [6.45, 7) is 4.30. The average molecular weight is 317 g/mol. The standard InChI is InChI=1S/C14H21ClN2O2S/c1-11-9-13(15)4-5-14(11)20(18,19)17-8-6-12-3-2-7-16-10-12/h4-5,9,12,16-17H,2-3,6-8,10H2,1H3. The highest BCUT2D eigenvalue weighted by Crippen LogP contribution is 2.20. The molecule has 112 valence electrons. The molecule has 20 heavy (non-hydrogen) atoms. The molecule has 1 aliphatic rings. The molecule has 0 spiro atoms. The van der Waals surface area contributed by atoms with Crippen LogP contribution in [0.5, 0.6) is 0 Å². The fourth-order valence-electron chi connectivity index (χ4n) is 2.56. The van der Waals surface area contributed by atoms with E-state index in [2.05, 4.69) is 10.0 Å². The molecule has 2 rings (SSSR count). The van der Waals surface area contributed by atoms with Gasteiger partial charge in [-0.25, -0.2) is 13.1 Å². The van der Waals surface area contributed by atoms with Crippen molar-refractivity contribution in [3.63, 3.8) is 0 Å². The first-order chi connectivity index (χ1) is 9.49. The van der Waals surface area contributed by atoms with E-state index in [1.54, 1.807) is 25.1 Å². The number of piperidine rings is 1. The molecule has 1 aromatic carbocycles. The van der Waals surface area contributed by atoms with Gasteiger partial charge in [-0.2, -0.15) is 0 Å². The summed E-state index contributed by atoms with van der Waals surface area (Å²) >= 11 is 5.85. The SMILES string of the molecule is Cc1cc(Cl)ccc1S(=O)(=O)NCCC1CCCNC1. The fraction of sp³-hybridized carbons (Fsp3) is 0.571. The molecule has 1 saturated heterocycles. The van der Waals surface area contributed by atoms with Crippen molar-refractivity contribution in [1.82, 2.24) is 10.0 Å². The predicted octanol–water partition coefficient (Wildman–Crippen LogP) is 2.32. The maximum Gasteiger partial charge on any atom is 0.240 e. The third-order valence-corrected chi connectivity index (χ3v) is 5.53. The monoisotopic (exact) mass is 316 g/mol. The van der Waals surface area contributed by atoms with E-state index in [1.807, 2.05) is 0 Å². The molecule has 1 fully saturated rings. The van der Waals surface area contributed by atoms with Gasteiger partial charge >= 0.3 is 0 Å². The van der Waals surface area contributed by atoms with Gasteiger partial charge in [0.2, 0.25) is 10.0 Å². The van der Waals surface area contributed by atoms with Crippen LogP contribution in [0.4, 0.5) is 0 Å². The summed E-state index contributed by atoms with van der Waals surface area (Å²) < 4.78 is 27.2. The molecule has 1 aromatic rings. The second-order valence-corrected chi connectivity index (χ2v) is 7.48. The van der Waals surface area contributed by atoms with Crippen molar-refractivity contribution in [3.8, 4) is 0 Å². The van der Waals surface area contributed by atoms with Crippen molar-refractivity contribution in [2.45, 2.75) is 31.1 Å². The first kappa shape index (κ1) is 15.8. The highest BCUT2D eigenvalue weighted by molar-refractivity contribution is 7.89. The number of hydrogen-bond acceptors (Lipinski definition) is 3. The molecule has 2 N–H and O–H groups in total. The maximum atomic E-state index is 12.2. The van der Waals surface area contributed by atoms with Gasteiger partial charge in [0.25, 0.3) is 0 Å². The summed E-state index contributed by atoms with van der Waals surface area (Å²) in [7, 11) is -3.44. The van der Waals surface area contributed by atoms with E-state index in [0.29, 0.717) is 27.9 Å². The Morgan fingerprint density at radius 1 is 1.45 bits per heavy atom. The third-order valence-electron chi connectivity index (χ3n) is 3.67. The highest BCUT2D eigenvalue weighted by Gasteiger charge is 2.18. The lowest BCUT2D eigenvalue weighted by Crippen LogP contribution is -2.33. The Morgan fingerprint density at radius 2 is 2.25 bits per heavy atom. The lowest BCUT2D eigenvalue weighted by atomic mass is 9.96. The normalized spacial score (nSPS) is 20.0. The van der Waals surface area contributed by atoms with Gasteiger partial charge in [0.1, 0.15) is 0 Å². The van der Waals surface area contributed by atoms with Crippen LogP contribution < -0.4 is 10.0 Å². The molecule has 1 unspecified atom stereocenters. The summed E-state index contributed by atoms with van der Waals surface area (Å²) in [4.78, 5) is 0.309. The summed E-state index contributed by atoms with van der Waals surface area (Å²) in [5.74, 6) is 0.567. The molecule has 4 nitrogen and oxygen atoms in total. The van der Waals surface area contributed by atoms with Gasteiger partial charge in [-0.05, 0) is 69.0 Å². The van der Waals surface area contributed by atoms with Crippen LogP contribution >= 0.6 is 11.6 Å². The second kappa shape index (κ2) is 6.89. The number of nitrogens with one attached hydrogen (secondary N) is 2. The lowest BCUT2D eigenvalue weighted by Gasteiger charge is -2.22. The van der Waals surface area contributed by atoms with Crippen molar-refractivity contribution < 1.29 is 8.42 Å². The van der Waals surface area contributed by atoms with Gasteiger partial charge in [-0.15, -0.1) is 0 Å². The van der Waals surface area contributed by atoms with Crippen LogP contribution in [0, 0.1) is 12.8 Å². The highest BCUT2D eigenvalue weighted by atomic mass is 35.5. The minimum atomic E-state index is -3.44. The van der Waals surface area contributed by atoms with Gasteiger partial charge < -0.3 is 5.32 Å². The fourth-order valence-corrected chi connectivity index (χ4v) is 4.06. The number of benzene rings is 1. The first-order valence-corrected chi connectivity index (χ1v) is 8.82. The van der Waals surface area contributed by atoms with E-state index >= 15 is 0 Å². The van der Waals surface area contributed by atoms with Crippen molar-refractivity contribution in [2.24, 2.45) is 5.92 Å². The van der Waals surface area contributed by atoms with Crippen LogP contribution in [0.15, 0.2) is 23.1 Å². The minimum absolute atomic E-state index is 0.309. The van der Waals surface area contributed by atoms with E-state index in [0.717, 1.165) is 19.5 Å². The average Bonchev–Trinajstić information content (AvgIpc) is 2.39. The van der Waals surface area contributed by atoms with Crippen molar-refractivity contribution in [3.05, 3.63) is 28.8 Å². The Bertz CT molecular complexity index is 554. The summed E-state index contributed by atoms with van der Waals surface area (Å²) in [6.07, 6.45) is 3.22. The Hall–Kier alpha value is -0.620. The minimum Gasteiger partial charge on any atom is -0.316 e. The molecule has 1 atom stereocenters. The second-order valence-electron chi connectivity index (χ2n) is 5.31. The Kier molecular flexibility index (Phi) is 5.43. The van der Waals surface area contributed by atoms with Gasteiger partial charge in [-0.1, -0.05) is 11.6 Å². The molecule has 0 aromatic heterocycles. The van der Waals surface area contributed by atoms with Crippen molar-refractivity contribution >= 4 is 21.6 Å². The van der Waals surface area contributed by atoms with Gasteiger partial charge in [0.15, 0.2) is 0 Å². The van der Waals surface area contributed by atoms with Crippen LogP contribution in [0.3, 0.4) is 0 Å². The summed E-state index contributed by atoms with van der Waals surface area (Å²) in [6, 6.07) is 4.83. The smallest absolute Gasteiger partial charge is 0.240 e. The predicted molar refractivity (Wildman–Crippen MR) is 81.6 cm³/mol. The van der Waals surface area contributed by atoms with E-state index in [-0.39, 0.29) is 0 Å². The van der Waals surface area contributed by atoms with Crippen LogP contribution in [0.25, 0.3) is 0 Å². The Labute approximate surface area is 126 Å². The summed E-state index contributed by atoms with van der Waals surface area (Å²) in [5, 5.41) is 3.89. The zero-order valence-corrected chi connectivity index (χ0v) is 13.2. The van der Waals surface area contributed by atoms with Gasteiger partial charge in [0.05, 0.1) is 4.90 Å². The molecule has 0 aliphatic carbocycles. The maximum absolute atomic E-state index is 12.2. The Balaban J connectivity index is 1.93. The van der Waals surface area contributed by atoms with Crippen molar-refractivity contribution in [2.75, 3.05) is 19.6 Å². The molecule has 1 heterocycles. The molecule has 1 aliphatic heterocycles. The molecule has 0 saturated carbocycles. The van der Waals surface area contributed by atoms with E-state index < -0.39 is 10.0 Å². The lowest BCUT2D eigenvalue weighted by molar-refractivity contribution is 0.358. The molecule has 0 radical (unpaired) electrons. The number of halogens is 1. The zero-order valence-electron chi connectivity index (χ0n) is 11.7. The number of hydrogen-bond donors (Lipinski definition) is 2. The first-order valence-electron chi connectivity index (χ1n) is 6.95. The van der Waals surface area contributed by atoms with E-state index in [1.165, 1.54) is 12.8 Å². The molecular formula is C14H21ClN2O2S. The number of sulfonamides is 1. The summed E-state index contributed by atoms with van der Waals surface area (Å²) in [5.41, 5.74) is 0.671. The largest absolute Gasteiger partial charge is 0.316 e. The number of aryl methyl sites for hydroxylation is 1. The Morgan fingerprint density at radius 3 is 2.90 bits per heavy atom. The quantitative estimate of drug-likeness (QED) is 0.876. The molecule has 0 bridgehead atoms. The van der Waals surface area contributed by atoms with E-state index in [4.69, 9.17) is 11.6 Å². The van der Waals surface area contributed by atoms with Crippen LogP contribution in [-0.2, 0) is 10.0 Å². The zero-order chi connectivity index (χ0) is 14.6. The topological polar surface area (TPSA) is 58.2 Å². The molecule has 6 heteroatoms. The molecular weight excluding hydrogens is 296 g/mol. The number of rotatable bonds is 5.